The summed E-state index contributed by atoms with van der Waals surface area (Å²) in [5.41, 5.74) is 0.630. The minimum Gasteiger partial charge on any atom is -0.506 e. The van der Waals surface area contributed by atoms with E-state index in [2.05, 4.69) is 4.98 Å². The van der Waals surface area contributed by atoms with Crippen LogP contribution in [0.2, 0.25) is 0 Å². The minimum absolute atomic E-state index is 0.0587. The molecule has 64 valence electrons. The summed E-state index contributed by atoms with van der Waals surface area (Å²) in [6.45, 7) is 3.00. The van der Waals surface area contributed by atoms with Crippen LogP contribution < -0.4 is 4.74 Å². The molecule has 0 aliphatic heterocycles. The number of aryl methyl sites for hydroxylation is 1. The molecule has 0 radical (unpaired) electrons. The van der Waals surface area contributed by atoms with Gasteiger partial charge in [0.25, 0.3) is 0 Å². The zero-order valence-electron chi connectivity index (χ0n) is 6.87. The molecule has 1 N–H and O–H groups in total. The molecule has 0 atom stereocenters. The van der Waals surface area contributed by atoms with E-state index < -0.39 is 5.97 Å². The van der Waals surface area contributed by atoms with Crippen molar-refractivity contribution >= 4 is 5.97 Å². The fourth-order valence-corrected chi connectivity index (χ4v) is 0.790. The molecule has 0 saturated heterocycles. The van der Waals surface area contributed by atoms with Gasteiger partial charge in [0.05, 0.1) is 6.20 Å². The highest BCUT2D eigenvalue weighted by molar-refractivity contribution is 5.69. The van der Waals surface area contributed by atoms with Crippen LogP contribution in [0.3, 0.4) is 0 Å². The van der Waals surface area contributed by atoms with Crippen LogP contribution in [-0.2, 0) is 4.79 Å². The summed E-state index contributed by atoms with van der Waals surface area (Å²) in [6, 6.07) is 1.48. The Bertz CT molecular complexity index is 309. The van der Waals surface area contributed by atoms with Crippen molar-refractivity contribution in [2.24, 2.45) is 0 Å². The Morgan fingerprint density at radius 3 is 2.83 bits per heavy atom. The Kier molecular flexibility index (Phi) is 2.28. The third-order valence-corrected chi connectivity index (χ3v) is 1.26. The third kappa shape index (κ3) is 1.95. The first-order valence-electron chi connectivity index (χ1n) is 3.43. The van der Waals surface area contributed by atoms with Crippen molar-refractivity contribution < 1.29 is 14.6 Å². The maximum Gasteiger partial charge on any atom is 0.309 e. The number of rotatable bonds is 1. The van der Waals surface area contributed by atoms with Crippen LogP contribution in [0.1, 0.15) is 12.5 Å². The van der Waals surface area contributed by atoms with Crippen molar-refractivity contribution in [1.82, 2.24) is 4.98 Å². The lowest BCUT2D eigenvalue weighted by Crippen LogP contribution is -2.04. The van der Waals surface area contributed by atoms with Crippen LogP contribution in [0.25, 0.3) is 0 Å². The molecule has 0 spiro atoms. The lowest BCUT2D eigenvalue weighted by Gasteiger charge is -2.02. The van der Waals surface area contributed by atoms with E-state index in [1.54, 1.807) is 6.92 Å². The lowest BCUT2D eigenvalue weighted by atomic mass is 10.3. The zero-order chi connectivity index (χ0) is 9.14. The molecule has 0 aliphatic rings. The Balaban J connectivity index is 2.93. The molecule has 0 amide bonds. The predicted molar refractivity (Wildman–Crippen MR) is 41.9 cm³/mol. The molecule has 0 saturated carbocycles. The van der Waals surface area contributed by atoms with Gasteiger partial charge in [-0.1, -0.05) is 0 Å². The molecule has 0 unspecified atom stereocenters. The van der Waals surface area contributed by atoms with Crippen LogP contribution in [0.5, 0.6) is 11.6 Å². The smallest absolute Gasteiger partial charge is 0.309 e. The van der Waals surface area contributed by atoms with Gasteiger partial charge in [-0.2, -0.15) is 0 Å². The van der Waals surface area contributed by atoms with Gasteiger partial charge in [-0.25, -0.2) is 4.98 Å². The second-order valence-electron chi connectivity index (χ2n) is 2.41. The van der Waals surface area contributed by atoms with E-state index in [0.29, 0.717) is 5.56 Å². The zero-order valence-corrected chi connectivity index (χ0v) is 6.87. The molecule has 1 aromatic heterocycles. The maximum atomic E-state index is 10.5. The fourth-order valence-electron chi connectivity index (χ4n) is 0.790. The van der Waals surface area contributed by atoms with Gasteiger partial charge >= 0.3 is 5.97 Å². The largest absolute Gasteiger partial charge is 0.506 e. The number of esters is 1. The molecule has 0 aliphatic carbocycles. The predicted octanol–water partition coefficient (Wildman–Crippen LogP) is 1.02. The molecular formula is C8H9NO3. The molecule has 0 fully saturated rings. The molecule has 0 aromatic carbocycles. The van der Waals surface area contributed by atoms with Gasteiger partial charge in [0.2, 0.25) is 5.88 Å². The number of nitrogens with zero attached hydrogens (tertiary/aromatic N) is 1. The fraction of sp³-hybridized carbons (Fsp3) is 0.250. The first kappa shape index (κ1) is 8.52. The van der Waals surface area contributed by atoms with E-state index in [-0.39, 0.29) is 11.6 Å². The quantitative estimate of drug-likeness (QED) is 0.634. The van der Waals surface area contributed by atoms with Crippen LogP contribution in [-0.4, -0.2) is 16.1 Å². The van der Waals surface area contributed by atoms with Gasteiger partial charge in [-0.15, -0.1) is 0 Å². The second-order valence-corrected chi connectivity index (χ2v) is 2.41. The number of carbonyl (C=O) groups excluding carboxylic acids is 1. The molecule has 1 rings (SSSR count). The molecule has 1 aromatic rings. The summed E-state index contributed by atoms with van der Waals surface area (Å²) in [5, 5.41) is 8.97. The summed E-state index contributed by atoms with van der Waals surface area (Å²) in [5.74, 6) is -0.125. The van der Waals surface area contributed by atoms with E-state index in [0.717, 1.165) is 0 Å². The van der Waals surface area contributed by atoms with E-state index in [1.807, 2.05) is 0 Å². The highest BCUT2D eigenvalue weighted by Crippen LogP contribution is 2.18. The standard InChI is InChI=1S/C8H9NO3/c1-5-3-7(11)4-9-8(5)12-6(2)10/h3-4,11H,1-2H3. The van der Waals surface area contributed by atoms with Crippen LogP contribution in [0, 0.1) is 6.92 Å². The first-order chi connectivity index (χ1) is 5.59. The number of pyridine rings is 1. The Hall–Kier alpha value is -1.58. The Morgan fingerprint density at radius 2 is 2.33 bits per heavy atom. The van der Waals surface area contributed by atoms with Gasteiger partial charge in [-0.05, 0) is 13.0 Å². The number of ether oxygens (including phenoxy) is 1. The van der Waals surface area contributed by atoms with Gasteiger partial charge in [0, 0.05) is 12.5 Å². The summed E-state index contributed by atoms with van der Waals surface area (Å²) in [7, 11) is 0. The second kappa shape index (κ2) is 3.21. The highest BCUT2D eigenvalue weighted by Gasteiger charge is 2.03. The van der Waals surface area contributed by atoms with Crippen molar-refractivity contribution in [3.8, 4) is 11.6 Å². The van der Waals surface area contributed by atoms with E-state index in [4.69, 9.17) is 9.84 Å². The highest BCUT2D eigenvalue weighted by atomic mass is 16.5. The average Bonchev–Trinajstić information content (AvgIpc) is 1.94. The normalized spacial score (nSPS) is 9.50. The monoisotopic (exact) mass is 167 g/mol. The van der Waals surface area contributed by atoms with E-state index >= 15 is 0 Å². The number of hydrogen-bond donors (Lipinski definition) is 1. The lowest BCUT2D eigenvalue weighted by molar-refractivity contribution is -0.132. The Labute approximate surface area is 69.8 Å². The van der Waals surface area contributed by atoms with E-state index in [9.17, 15) is 4.79 Å². The molecule has 1 heterocycles. The SMILES string of the molecule is CC(=O)Oc1ncc(O)cc1C. The van der Waals surface area contributed by atoms with Gasteiger partial charge in [0.15, 0.2) is 0 Å². The third-order valence-electron chi connectivity index (χ3n) is 1.26. The van der Waals surface area contributed by atoms with Crippen LogP contribution in [0.15, 0.2) is 12.3 Å². The number of aromatic hydroxyl groups is 1. The summed E-state index contributed by atoms with van der Waals surface area (Å²) in [4.78, 5) is 14.3. The van der Waals surface area contributed by atoms with Crippen LogP contribution in [0.4, 0.5) is 0 Å². The molecule has 0 bridgehead atoms. The van der Waals surface area contributed by atoms with Crippen molar-refractivity contribution in [3.63, 3.8) is 0 Å². The summed E-state index contributed by atoms with van der Waals surface area (Å²) in [6.07, 6.45) is 1.23. The topological polar surface area (TPSA) is 59.4 Å². The molecule has 4 nitrogen and oxygen atoms in total. The minimum atomic E-state index is -0.420. The first-order valence-corrected chi connectivity index (χ1v) is 3.43. The number of aromatic nitrogens is 1. The number of carbonyl (C=O) groups is 1. The Morgan fingerprint density at radius 1 is 1.67 bits per heavy atom. The van der Waals surface area contributed by atoms with Crippen molar-refractivity contribution in [3.05, 3.63) is 17.8 Å². The average molecular weight is 167 g/mol. The van der Waals surface area contributed by atoms with Crippen molar-refractivity contribution in [2.45, 2.75) is 13.8 Å². The molecular weight excluding hydrogens is 158 g/mol. The van der Waals surface area contributed by atoms with Gasteiger partial charge in [0.1, 0.15) is 5.75 Å². The van der Waals surface area contributed by atoms with E-state index in [1.165, 1.54) is 19.2 Å². The number of hydrogen-bond acceptors (Lipinski definition) is 4. The van der Waals surface area contributed by atoms with Gasteiger partial charge < -0.3 is 9.84 Å². The summed E-state index contributed by atoms with van der Waals surface area (Å²) < 4.78 is 4.74. The molecule has 4 heteroatoms. The van der Waals surface area contributed by atoms with Crippen molar-refractivity contribution in [1.29, 1.82) is 0 Å². The van der Waals surface area contributed by atoms with Crippen LogP contribution >= 0.6 is 0 Å². The summed E-state index contributed by atoms with van der Waals surface area (Å²) >= 11 is 0. The van der Waals surface area contributed by atoms with Gasteiger partial charge in [-0.3, -0.25) is 4.79 Å². The molecule has 12 heavy (non-hydrogen) atoms. The maximum absolute atomic E-state index is 10.5. The van der Waals surface area contributed by atoms with Crippen molar-refractivity contribution in [2.75, 3.05) is 0 Å².